The molecule has 2 fully saturated rings. The molecule has 0 aromatic heterocycles. The first-order chi connectivity index (χ1) is 40.3. The fourth-order valence-electron chi connectivity index (χ4n) is 10.6. The summed E-state index contributed by atoms with van der Waals surface area (Å²) in [7, 11) is 7.65. The number of Topliss-reactive ketones (excluding diaryl/α,β-unsaturated/α-hetero) is 1. The van der Waals surface area contributed by atoms with Crippen LogP contribution in [0, 0.1) is 5.41 Å². The minimum Gasteiger partial charge on any atom is -0.493 e. The first-order valence-corrected chi connectivity index (χ1v) is 29.2. The van der Waals surface area contributed by atoms with Crippen molar-refractivity contribution in [2.45, 2.75) is 148 Å². The van der Waals surface area contributed by atoms with E-state index in [-0.39, 0.29) is 57.2 Å². The van der Waals surface area contributed by atoms with Crippen molar-refractivity contribution in [1.82, 2.24) is 29.8 Å². The number of ketones is 1. The number of carbonyl (C=O) groups is 9. The van der Waals surface area contributed by atoms with Crippen molar-refractivity contribution < 1.29 is 71.6 Å². The van der Waals surface area contributed by atoms with Crippen LogP contribution in [0.5, 0.6) is 17.2 Å². The maximum Gasteiger partial charge on any atom is 0.330 e. The van der Waals surface area contributed by atoms with Crippen molar-refractivity contribution in [3.05, 3.63) is 102 Å². The second-order valence-corrected chi connectivity index (χ2v) is 23.7. The van der Waals surface area contributed by atoms with Gasteiger partial charge in [0.25, 0.3) is 11.8 Å². The van der Waals surface area contributed by atoms with Crippen LogP contribution in [0.15, 0.2) is 84.9 Å². The van der Waals surface area contributed by atoms with Gasteiger partial charge < -0.3 is 58.2 Å². The number of aryl methyl sites for hydroxylation is 1. The van der Waals surface area contributed by atoms with E-state index in [0.29, 0.717) is 62.0 Å². The zero-order chi connectivity index (χ0) is 62.2. The van der Waals surface area contributed by atoms with Crippen molar-refractivity contribution in [3.63, 3.8) is 0 Å². The van der Waals surface area contributed by atoms with Gasteiger partial charge in [0, 0.05) is 53.3 Å². The Morgan fingerprint density at radius 1 is 0.682 bits per heavy atom. The van der Waals surface area contributed by atoms with E-state index in [0.717, 1.165) is 11.1 Å². The quantitative estimate of drug-likeness (QED) is 0.196. The van der Waals surface area contributed by atoms with E-state index in [1.165, 1.54) is 79.7 Å². The first kappa shape index (κ1) is 66.3. The van der Waals surface area contributed by atoms with Crippen LogP contribution in [-0.4, -0.2) is 188 Å². The van der Waals surface area contributed by atoms with Crippen LogP contribution in [0.3, 0.4) is 0 Å². The molecular weight excluding hydrogens is 1090 g/mol. The van der Waals surface area contributed by atoms with Crippen LogP contribution >= 0.6 is 0 Å². The van der Waals surface area contributed by atoms with Gasteiger partial charge in [-0.2, -0.15) is 0 Å². The summed E-state index contributed by atoms with van der Waals surface area (Å²) in [5, 5.41) is 2.70. The molecule has 2 bridgehead atoms. The third kappa shape index (κ3) is 18.1. The van der Waals surface area contributed by atoms with E-state index in [4.69, 9.17) is 28.4 Å². The molecule has 3 aliphatic heterocycles. The number of benzene rings is 3. The predicted molar refractivity (Wildman–Crippen MR) is 315 cm³/mol. The summed E-state index contributed by atoms with van der Waals surface area (Å²) in [6.45, 7) is 9.42. The Bertz CT molecular complexity index is 2890. The molecule has 21 heteroatoms. The van der Waals surface area contributed by atoms with Crippen molar-refractivity contribution in [2.75, 3.05) is 74.8 Å². The van der Waals surface area contributed by atoms with E-state index in [1.54, 1.807) is 43.5 Å². The highest BCUT2D eigenvalue weighted by Gasteiger charge is 2.45. The highest BCUT2D eigenvalue weighted by atomic mass is 16.5. The number of nitrogens with one attached hydrogen (secondary N) is 1. The summed E-state index contributed by atoms with van der Waals surface area (Å²) >= 11 is 0. The fraction of sp³-hybridized carbons (Fsp3) is 0.547. The molecule has 85 heavy (non-hydrogen) atoms. The third-order valence-corrected chi connectivity index (χ3v) is 15.6. The van der Waals surface area contributed by atoms with Gasteiger partial charge in [-0.25, -0.2) is 9.59 Å². The zero-order valence-electron chi connectivity index (χ0n) is 51.2. The van der Waals surface area contributed by atoms with Gasteiger partial charge in [0.15, 0.2) is 18.1 Å². The molecule has 2 saturated heterocycles. The van der Waals surface area contributed by atoms with E-state index < -0.39 is 108 Å². The van der Waals surface area contributed by atoms with Crippen molar-refractivity contribution >= 4 is 53.2 Å². The highest BCUT2D eigenvalue weighted by molar-refractivity contribution is 6.38. The van der Waals surface area contributed by atoms with Gasteiger partial charge in [0.05, 0.1) is 31.8 Å². The average Bonchev–Trinajstić information content (AvgIpc) is 3.46. The molecule has 3 aliphatic rings. The number of cyclic esters (lactones) is 2. The molecule has 6 rings (SSSR count). The van der Waals surface area contributed by atoms with Gasteiger partial charge in [-0.1, -0.05) is 54.6 Å². The Labute approximate surface area is 499 Å². The molecule has 21 nitrogen and oxygen atoms in total. The number of amides is 6. The van der Waals surface area contributed by atoms with Gasteiger partial charge in [-0.3, -0.25) is 33.6 Å². The number of carbonyl (C=O) groups excluding carboxylic acids is 9. The molecule has 0 aliphatic carbocycles. The maximum atomic E-state index is 15.0. The van der Waals surface area contributed by atoms with Gasteiger partial charge in [-0.15, -0.1) is 0 Å². The van der Waals surface area contributed by atoms with Crippen molar-refractivity contribution in [3.8, 4) is 17.2 Å². The van der Waals surface area contributed by atoms with Gasteiger partial charge in [-0.05, 0) is 140 Å². The standard InChI is InChI=1S/C64H86N6O15/c1-42-57(74)67(8)49(36-43-22-14-12-15-23-43)59(76)68(9)50(39-84-63(2,3)4)60(77)69-35-21-27-47(69)58(75)66(7)33-18-13-16-28-55(72)83-41-64(5,6)56(73)61(78)70-34-19-17-26-48(70)62(79)85-51(31-29-44-30-32-52(80-10)53(37-44)81-11)45-24-20-25-46(38-45)82-40-54(71)65-42/h12,14-16,20,22-25,28,30,32,37-38,42,47-51H,13,17-19,21,26-27,29,31,33-36,39-41H2,1-11H3,(H,65,71)/t42-,47-,48-,49?,50-,51+/m0/s1. The lowest BCUT2D eigenvalue weighted by molar-refractivity contribution is -0.165. The number of esters is 2. The van der Waals surface area contributed by atoms with E-state index in [9.17, 15) is 38.4 Å². The van der Waals surface area contributed by atoms with E-state index in [1.807, 2.05) is 63.2 Å². The maximum absolute atomic E-state index is 15.0. The fourth-order valence-corrected chi connectivity index (χ4v) is 10.6. The minimum absolute atomic E-state index is 0.0545. The summed E-state index contributed by atoms with van der Waals surface area (Å²) in [4.78, 5) is 135. The molecule has 0 radical (unpaired) electrons. The second kappa shape index (κ2) is 30.3. The Morgan fingerprint density at radius 2 is 1.38 bits per heavy atom. The zero-order valence-corrected chi connectivity index (χ0v) is 51.2. The SMILES string of the molecule is COc1ccc(CC[C@H]2OC(=O)[C@@H]3CCCCN3C(=O)C(=O)C(C)(C)COC(=O)C=CCCCN(C)C(=O)[C@@H]3CCCN3C(=O)[C@H](COC(C)(C)C)N(C)C(=O)C(Cc3ccccc3)N(C)C(=O)[C@H](C)NC(=O)COc3cccc2c3)cc1OC. The van der Waals surface area contributed by atoms with Crippen LogP contribution in [0.2, 0.25) is 0 Å². The predicted octanol–water partition coefficient (Wildman–Crippen LogP) is 5.84. The number of hydrogen-bond donors (Lipinski definition) is 1. The molecule has 6 atom stereocenters. The number of piperidine rings is 1. The largest absolute Gasteiger partial charge is 0.493 e. The van der Waals surface area contributed by atoms with Crippen LogP contribution in [0.4, 0.5) is 0 Å². The third-order valence-electron chi connectivity index (χ3n) is 15.6. The Balaban J connectivity index is 1.31. The Morgan fingerprint density at radius 3 is 2.08 bits per heavy atom. The number of rotatable bonds is 9. The van der Waals surface area contributed by atoms with Crippen LogP contribution < -0.4 is 19.5 Å². The summed E-state index contributed by atoms with van der Waals surface area (Å²) in [5.74, 6) is -4.59. The van der Waals surface area contributed by atoms with Crippen LogP contribution in [0.25, 0.3) is 0 Å². The number of nitrogens with zero attached hydrogens (tertiary/aromatic N) is 5. The number of likely N-dealkylation sites (N-methyl/N-ethyl adjacent to an activating group) is 3. The number of ether oxygens (including phenoxy) is 6. The van der Waals surface area contributed by atoms with Crippen LogP contribution in [0.1, 0.15) is 116 Å². The number of allylic oxidation sites excluding steroid dienone is 1. The lowest BCUT2D eigenvalue weighted by atomic mass is 9.87. The lowest BCUT2D eigenvalue weighted by Crippen LogP contribution is -2.60. The molecule has 1 N–H and O–H groups in total. The van der Waals surface area contributed by atoms with Gasteiger partial charge >= 0.3 is 11.9 Å². The molecule has 1 unspecified atom stereocenters. The number of fused-ring (bicyclic) bond motifs is 4. The first-order valence-electron chi connectivity index (χ1n) is 29.2. The molecule has 3 aromatic carbocycles. The van der Waals surface area contributed by atoms with Crippen LogP contribution in [-0.2, 0) is 70.2 Å². The molecule has 3 aromatic rings. The minimum atomic E-state index is -1.47. The summed E-state index contributed by atoms with van der Waals surface area (Å²) in [5.41, 5.74) is -0.132. The van der Waals surface area contributed by atoms with E-state index in [2.05, 4.69) is 5.32 Å². The van der Waals surface area contributed by atoms with Crippen molar-refractivity contribution in [2.24, 2.45) is 5.41 Å². The molecule has 0 saturated carbocycles. The topological polar surface area (TPSA) is 237 Å². The molecule has 462 valence electrons. The Hall–Kier alpha value is -7.81. The van der Waals surface area contributed by atoms with Crippen molar-refractivity contribution in [1.29, 1.82) is 0 Å². The lowest BCUT2D eigenvalue weighted by Gasteiger charge is -2.38. The second-order valence-electron chi connectivity index (χ2n) is 23.7. The molecule has 3 heterocycles. The monoisotopic (exact) mass is 1180 g/mol. The Kier molecular flexibility index (Phi) is 23.7. The summed E-state index contributed by atoms with van der Waals surface area (Å²) in [6.07, 6.45) is 5.65. The smallest absolute Gasteiger partial charge is 0.330 e. The number of methoxy groups -OCH3 is 2. The molecule has 0 spiro atoms. The average molecular weight is 1180 g/mol. The summed E-state index contributed by atoms with van der Waals surface area (Å²) < 4.78 is 35.0. The normalized spacial score (nSPS) is 23.7. The number of hydrogen-bond acceptors (Lipinski definition) is 15. The van der Waals surface area contributed by atoms with E-state index >= 15 is 4.79 Å². The molecular formula is C64H86N6O15. The highest BCUT2D eigenvalue weighted by Crippen LogP contribution is 2.33. The van der Waals surface area contributed by atoms with Gasteiger partial charge in [0.1, 0.15) is 48.7 Å². The molecule has 6 amide bonds. The summed E-state index contributed by atoms with van der Waals surface area (Å²) in [6, 6.07) is 15.7. The van der Waals surface area contributed by atoms with Gasteiger partial charge in [0.2, 0.25) is 29.4 Å².